The Morgan fingerprint density at radius 2 is 1.81 bits per heavy atom. The van der Waals surface area contributed by atoms with Gasteiger partial charge in [-0.15, -0.1) is 0 Å². The van der Waals surface area contributed by atoms with Crippen LogP contribution in [0.15, 0.2) is 34.2 Å². The highest BCUT2D eigenvalue weighted by Gasteiger charge is 2.33. The van der Waals surface area contributed by atoms with Crippen LogP contribution in [0.25, 0.3) is 0 Å². The first-order chi connectivity index (χ1) is 12.4. The third-order valence-corrected chi connectivity index (χ3v) is 6.43. The van der Waals surface area contributed by atoms with E-state index in [4.69, 9.17) is 0 Å². The molecule has 6 nitrogen and oxygen atoms in total. The van der Waals surface area contributed by atoms with Gasteiger partial charge in [0.1, 0.15) is 11.9 Å². The van der Waals surface area contributed by atoms with Crippen LogP contribution in [0.4, 0.5) is 0 Å². The average molecular weight is 378 g/mol. The Morgan fingerprint density at radius 3 is 2.46 bits per heavy atom. The molecule has 1 aromatic carbocycles. The molecule has 2 N–H and O–H groups in total. The maximum atomic E-state index is 12.8. The summed E-state index contributed by atoms with van der Waals surface area (Å²) in [4.78, 5) is 17.6. The summed E-state index contributed by atoms with van der Waals surface area (Å²) >= 11 is 0. The van der Waals surface area contributed by atoms with Crippen LogP contribution in [-0.4, -0.2) is 32.2 Å². The molecule has 142 valence electrons. The third kappa shape index (κ3) is 4.09. The van der Waals surface area contributed by atoms with Crippen molar-refractivity contribution in [2.45, 2.75) is 69.4 Å². The maximum Gasteiger partial charge on any atom is 0.263 e. The summed E-state index contributed by atoms with van der Waals surface area (Å²) in [6.45, 7) is 3.85. The normalized spacial score (nSPS) is 22.5. The fraction of sp³-hybridized carbons (Fsp3) is 0.579. The number of fused-ring (bicyclic) bond motifs is 1. The molecule has 1 aromatic rings. The number of rotatable bonds is 4. The summed E-state index contributed by atoms with van der Waals surface area (Å²) in [5.41, 5.74) is 0.528. The number of amidine groups is 1. The smallest absolute Gasteiger partial charge is 0.263 e. The van der Waals surface area contributed by atoms with Crippen LogP contribution in [0.2, 0.25) is 0 Å². The molecule has 0 radical (unpaired) electrons. The Kier molecular flexibility index (Phi) is 5.65. The standard InChI is InChI=1S/C19H27N3O3S/c1-13(2)17(19(23)20-14-9-5-3-4-6-10-14)21-18-15-11-7-8-12-16(15)26(24,25)22-18/h7-8,11-14,17H,3-6,9-10H2,1-2H3,(H,20,23)(H,21,22). The van der Waals surface area contributed by atoms with Gasteiger partial charge in [-0.2, -0.15) is 0 Å². The van der Waals surface area contributed by atoms with Crippen LogP contribution >= 0.6 is 0 Å². The summed E-state index contributed by atoms with van der Waals surface area (Å²) in [5.74, 6) is 0.101. The van der Waals surface area contributed by atoms with Crippen molar-refractivity contribution in [2.24, 2.45) is 10.9 Å². The lowest BCUT2D eigenvalue weighted by atomic mass is 10.0. The molecule has 1 fully saturated rings. The topological polar surface area (TPSA) is 87.6 Å². The van der Waals surface area contributed by atoms with Crippen molar-refractivity contribution in [1.82, 2.24) is 10.0 Å². The van der Waals surface area contributed by atoms with E-state index >= 15 is 0 Å². The zero-order chi connectivity index (χ0) is 18.7. The monoisotopic (exact) mass is 377 g/mol. The second-order valence-corrected chi connectivity index (χ2v) is 9.12. The molecule has 1 heterocycles. The molecule has 1 saturated carbocycles. The average Bonchev–Trinajstić information content (AvgIpc) is 2.75. The number of carbonyl (C=O) groups excluding carboxylic acids is 1. The molecule has 7 heteroatoms. The highest BCUT2D eigenvalue weighted by molar-refractivity contribution is 7.90. The zero-order valence-electron chi connectivity index (χ0n) is 15.4. The lowest BCUT2D eigenvalue weighted by molar-refractivity contribution is -0.123. The predicted octanol–water partition coefficient (Wildman–Crippen LogP) is 2.59. The van der Waals surface area contributed by atoms with Crippen LogP contribution in [0.5, 0.6) is 0 Å². The van der Waals surface area contributed by atoms with Crippen molar-refractivity contribution in [3.63, 3.8) is 0 Å². The largest absolute Gasteiger partial charge is 0.352 e. The van der Waals surface area contributed by atoms with Gasteiger partial charge in [0.2, 0.25) is 5.91 Å². The van der Waals surface area contributed by atoms with Crippen molar-refractivity contribution in [3.05, 3.63) is 29.8 Å². The SMILES string of the molecule is CC(C)C(N=C1NS(=O)(=O)c2ccccc21)C(=O)NC1CCCCCC1. The van der Waals surface area contributed by atoms with Gasteiger partial charge in [-0.05, 0) is 30.9 Å². The Labute approximate surface area is 155 Å². The van der Waals surface area contributed by atoms with Crippen LogP contribution < -0.4 is 10.0 Å². The summed E-state index contributed by atoms with van der Waals surface area (Å²) < 4.78 is 27.0. The Morgan fingerprint density at radius 1 is 1.15 bits per heavy atom. The third-order valence-electron chi connectivity index (χ3n) is 5.03. The van der Waals surface area contributed by atoms with E-state index in [9.17, 15) is 13.2 Å². The van der Waals surface area contributed by atoms with Gasteiger partial charge in [0, 0.05) is 11.6 Å². The fourth-order valence-electron chi connectivity index (χ4n) is 3.59. The molecular weight excluding hydrogens is 350 g/mol. The summed E-state index contributed by atoms with van der Waals surface area (Å²) in [5, 5.41) is 3.14. The number of benzene rings is 1. The van der Waals surface area contributed by atoms with E-state index in [1.807, 2.05) is 13.8 Å². The number of aliphatic imine (C=N–C) groups is 1. The molecule has 1 unspecified atom stereocenters. The van der Waals surface area contributed by atoms with Gasteiger partial charge in [-0.1, -0.05) is 51.7 Å². The first-order valence-electron chi connectivity index (χ1n) is 9.39. The molecule has 0 aromatic heterocycles. The minimum atomic E-state index is -3.60. The van der Waals surface area contributed by atoms with E-state index in [1.165, 1.54) is 12.8 Å². The lowest BCUT2D eigenvalue weighted by Gasteiger charge is -2.22. The molecule has 2 aliphatic rings. The molecule has 1 atom stereocenters. The van der Waals surface area contributed by atoms with Crippen LogP contribution in [0.3, 0.4) is 0 Å². The molecule has 0 bridgehead atoms. The minimum absolute atomic E-state index is 0.0365. The minimum Gasteiger partial charge on any atom is -0.352 e. The quantitative estimate of drug-likeness (QED) is 0.791. The fourth-order valence-corrected chi connectivity index (χ4v) is 4.83. The number of carbonyl (C=O) groups is 1. The molecule has 0 spiro atoms. The lowest BCUT2D eigenvalue weighted by Crippen LogP contribution is -2.43. The highest BCUT2D eigenvalue weighted by Crippen LogP contribution is 2.24. The van der Waals surface area contributed by atoms with Gasteiger partial charge in [0.25, 0.3) is 10.0 Å². The number of hydrogen-bond acceptors (Lipinski definition) is 4. The Hall–Kier alpha value is -1.89. The molecule has 1 aliphatic carbocycles. The van der Waals surface area contributed by atoms with Crippen LogP contribution in [-0.2, 0) is 14.8 Å². The van der Waals surface area contributed by atoms with E-state index in [0.717, 1.165) is 25.7 Å². The predicted molar refractivity (Wildman–Crippen MR) is 102 cm³/mol. The number of hydrogen-bond donors (Lipinski definition) is 2. The zero-order valence-corrected chi connectivity index (χ0v) is 16.2. The molecular formula is C19H27N3O3S. The molecule has 26 heavy (non-hydrogen) atoms. The van der Waals surface area contributed by atoms with E-state index in [-0.39, 0.29) is 28.6 Å². The van der Waals surface area contributed by atoms with Crippen molar-refractivity contribution in [2.75, 3.05) is 0 Å². The Balaban J connectivity index is 1.82. The number of sulfonamides is 1. The second kappa shape index (κ2) is 7.78. The number of amides is 1. The van der Waals surface area contributed by atoms with Crippen molar-refractivity contribution in [3.8, 4) is 0 Å². The molecule has 3 rings (SSSR count). The first kappa shape index (κ1) is 18.9. The Bertz CT molecular complexity index is 794. The summed E-state index contributed by atoms with van der Waals surface area (Å²) in [7, 11) is -3.60. The highest BCUT2D eigenvalue weighted by atomic mass is 32.2. The van der Waals surface area contributed by atoms with Crippen LogP contribution in [0.1, 0.15) is 57.9 Å². The number of nitrogens with zero attached hydrogens (tertiary/aromatic N) is 1. The van der Waals surface area contributed by atoms with Gasteiger partial charge in [0.15, 0.2) is 0 Å². The van der Waals surface area contributed by atoms with Crippen LogP contribution in [0, 0.1) is 5.92 Å². The van der Waals surface area contributed by atoms with E-state index < -0.39 is 16.1 Å². The molecule has 0 saturated heterocycles. The van der Waals surface area contributed by atoms with E-state index in [1.54, 1.807) is 24.3 Å². The summed E-state index contributed by atoms with van der Waals surface area (Å²) in [6, 6.07) is 6.29. The second-order valence-electron chi connectivity index (χ2n) is 7.47. The van der Waals surface area contributed by atoms with Crippen molar-refractivity contribution in [1.29, 1.82) is 0 Å². The summed E-state index contributed by atoms with van der Waals surface area (Å²) in [6.07, 6.45) is 6.73. The maximum absolute atomic E-state index is 12.8. The number of nitrogens with one attached hydrogen (secondary N) is 2. The molecule has 1 amide bonds. The van der Waals surface area contributed by atoms with Gasteiger partial charge < -0.3 is 5.32 Å². The first-order valence-corrected chi connectivity index (χ1v) is 10.9. The van der Waals surface area contributed by atoms with Gasteiger partial charge in [-0.25, -0.2) is 8.42 Å². The van der Waals surface area contributed by atoms with E-state index in [0.29, 0.717) is 5.56 Å². The van der Waals surface area contributed by atoms with Gasteiger partial charge in [-0.3, -0.25) is 14.5 Å². The van der Waals surface area contributed by atoms with Crippen molar-refractivity contribution >= 4 is 21.8 Å². The van der Waals surface area contributed by atoms with Gasteiger partial charge >= 0.3 is 0 Å². The molecule has 1 aliphatic heterocycles. The van der Waals surface area contributed by atoms with Gasteiger partial charge in [0.05, 0.1) is 4.90 Å². The van der Waals surface area contributed by atoms with Crippen molar-refractivity contribution < 1.29 is 13.2 Å². The van der Waals surface area contributed by atoms with E-state index in [2.05, 4.69) is 15.0 Å².